The molecule has 0 unspecified atom stereocenters. The summed E-state index contributed by atoms with van der Waals surface area (Å²) in [7, 11) is 1.76. The van der Waals surface area contributed by atoms with E-state index in [1.807, 2.05) is 13.8 Å². The van der Waals surface area contributed by atoms with Gasteiger partial charge in [0.2, 0.25) is 0 Å². The van der Waals surface area contributed by atoms with Gasteiger partial charge in [0.1, 0.15) is 5.69 Å². The minimum atomic E-state index is -0.471. The van der Waals surface area contributed by atoms with Crippen molar-refractivity contribution in [3.63, 3.8) is 0 Å². The quantitative estimate of drug-likeness (QED) is 0.436. The van der Waals surface area contributed by atoms with Gasteiger partial charge in [-0.3, -0.25) is 14.9 Å². The van der Waals surface area contributed by atoms with Gasteiger partial charge >= 0.3 is 0 Å². The zero-order valence-electron chi connectivity index (χ0n) is 12.3. The summed E-state index contributed by atoms with van der Waals surface area (Å²) in [6.45, 7) is 6.28. The van der Waals surface area contributed by atoms with Crippen molar-refractivity contribution in [1.29, 1.82) is 0 Å². The van der Waals surface area contributed by atoms with Crippen molar-refractivity contribution in [2.75, 3.05) is 25.1 Å². The standard InChI is InChI=1S/C14H20N2O4/c1-10(2)20-8-7-15(4)13-6-5-12(11(3)17)9-14(13)16(18)19/h5-6,9-10H,7-8H2,1-4H3. The molecule has 0 spiro atoms. The van der Waals surface area contributed by atoms with Crippen molar-refractivity contribution in [1.82, 2.24) is 0 Å². The second kappa shape index (κ2) is 7.00. The maximum atomic E-state index is 11.3. The molecule has 6 nitrogen and oxygen atoms in total. The van der Waals surface area contributed by atoms with Gasteiger partial charge in [-0.25, -0.2) is 0 Å². The van der Waals surface area contributed by atoms with Crippen LogP contribution in [0.5, 0.6) is 0 Å². The van der Waals surface area contributed by atoms with Crippen molar-refractivity contribution >= 4 is 17.2 Å². The third-order valence-corrected chi connectivity index (χ3v) is 2.87. The first-order valence-corrected chi connectivity index (χ1v) is 6.45. The fourth-order valence-corrected chi connectivity index (χ4v) is 1.76. The molecule has 1 rings (SSSR count). The molecule has 1 aromatic carbocycles. The van der Waals surface area contributed by atoms with Gasteiger partial charge in [-0.1, -0.05) is 0 Å². The van der Waals surface area contributed by atoms with Gasteiger partial charge in [-0.05, 0) is 32.9 Å². The van der Waals surface area contributed by atoms with Crippen LogP contribution in [0.3, 0.4) is 0 Å². The fourth-order valence-electron chi connectivity index (χ4n) is 1.76. The van der Waals surface area contributed by atoms with Crippen LogP contribution in [0.15, 0.2) is 18.2 Å². The Morgan fingerprint density at radius 2 is 2.10 bits per heavy atom. The highest BCUT2D eigenvalue weighted by Gasteiger charge is 2.19. The third kappa shape index (κ3) is 4.31. The Kier molecular flexibility index (Phi) is 5.64. The van der Waals surface area contributed by atoms with E-state index in [2.05, 4.69) is 0 Å². The monoisotopic (exact) mass is 280 g/mol. The number of Topliss-reactive ketones (excluding diaryl/α,β-unsaturated/α-hetero) is 1. The maximum Gasteiger partial charge on any atom is 0.293 e. The highest BCUT2D eigenvalue weighted by atomic mass is 16.6. The van der Waals surface area contributed by atoms with Gasteiger partial charge < -0.3 is 9.64 Å². The smallest absolute Gasteiger partial charge is 0.293 e. The number of benzene rings is 1. The minimum absolute atomic E-state index is 0.0650. The van der Waals surface area contributed by atoms with Crippen LogP contribution in [0.4, 0.5) is 11.4 Å². The molecular weight excluding hydrogens is 260 g/mol. The van der Waals surface area contributed by atoms with E-state index in [-0.39, 0.29) is 17.6 Å². The Morgan fingerprint density at radius 3 is 2.60 bits per heavy atom. The molecule has 0 radical (unpaired) electrons. The second-order valence-electron chi connectivity index (χ2n) is 4.86. The van der Waals surface area contributed by atoms with Crippen molar-refractivity contribution in [3.8, 4) is 0 Å². The normalized spacial score (nSPS) is 10.7. The number of carbonyl (C=O) groups excluding carboxylic acids is 1. The highest BCUT2D eigenvalue weighted by Crippen LogP contribution is 2.28. The molecule has 0 aliphatic rings. The summed E-state index contributed by atoms with van der Waals surface area (Å²) < 4.78 is 5.43. The lowest BCUT2D eigenvalue weighted by atomic mass is 10.1. The topological polar surface area (TPSA) is 72.7 Å². The molecule has 0 saturated heterocycles. The molecule has 0 heterocycles. The first kappa shape index (κ1) is 16.1. The predicted molar refractivity (Wildman–Crippen MR) is 77.5 cm³/mol. The lowest BCUT2D eigenvalue weighted by Crippen LogP contribution is -2.24. The Hall–Kier alpha value is -1.95. The number of nitrogens with zero attached hydrogens (tertiary/aromatic N) is 2. The molecule has 0 aromatic heterocycles. The van der Waals surface area contributed by atoms with Crippen molar-refractivity contribution in [2.24, 2.45) is 0 Å². The summed E-state index contributed by atoms with van der Waals surface area (Å²) in [4.78, 5) is 23.7. The van der Waals surface area contributed by atoms with E-state index in [4.69, 9.17) is 4.74 Å². The molecule has 1 aromatic rings. The van der Waals surface area contributed by atoms with Crippen molar-refractivity contribution < 1.29 is 14.5 Å². The largest absolute Gasteiger partial charge is 0.377 e. The van der Waals surface area contributed by atoms with Crippen LogP contribution in [-0.2, 0) is 4.74 Å². The number of nitro benzene ring substituents is 1. The number of hydrogen-bond acceptors (Lipinski definition) is 5. The number of likely N-dealkylation sites (N-methyl/N-ethyl adjacent to an activating group) is 1. The molecule has 0 fully saturated rings. The molecular formula is C14H20N2O4. The summed E-state index contributed by atoms with van der Waals surface area (Å²) in [6.07, 6.45) is 0.124. The van der Waals surface area contributed by atoms with E-state index < -0.39 is 4.92 Å². The molecule has 0 aliphatic heterocycles. The van der Waals surface area contributed by atoms with Gasteiger partial charge in [0, 0.05) is 25.2 Å². The van der Waals surface area contributed by atoms with Crippen LogP contribution >= 0.6 is 0 Å². The molecule has 0 atom stereocenters. The molecule has 6 heteroatoms. The van der Waals surface area contributed by atoms with Crippen LogP contribution in [-0.4, -0.2) is 37.0 Å². The van der Waals surface area contributed by atoms with E-state index in [0.29, 0.717) is 24.4 Å². The Bertz CT molecular complexity index is 500. The number of nitro groups is 1. The lowest BCUT2D eigenvalue weighted by Gasteiger charge is -2.20. The van der Waals surface area contributed by atoms with Crippen molar-refractivity contribution in [3.05, 3.63) is 33.9 Å². The zero-order valence-corrected chi connectivity index (χ0v) is 12.3. The number of ketones is 1. The van der Waals surface area contributed by atoms with E-state index in [1.54, 1.807) is 24.1 Å². The highest BCUT2D eigenvalue weighted by molar-refractivity contribution is 5.95. The number of hydrogen-bond donors (Lipinski definition) is 0. The molecule has 0 amide bonds. The average molecular weight is 280 g/mol. The van der Waals surface area contributed by atoms with Crippen molar-refractivity contribution in [2.45, 2.75) is 26.9 Å². The van der Waals surface area contributed by atoms with E-state index >= 15 is 0 Å². The number of rotatable bonds is 7. The van der Waals surface area contributed by atoms with Crippen LogP contribution in [0, 0.1) is 10.1 Å². The summed E-state index contributed by atoms with van der Waals surface area (Å²) in [6, 6.07) is 4.52. The van der Waals surface area contributed by atoms with Crippen LogP contribution in [0.2, 0.25) is 0 Å². The van der Waals surface area contributed by atoms with Crippen LogP contribution < -0.4 is 4.90 Å². The molecule has 0 bridgehead atoms. The Labute approximate surface area is 118 Å². The lowest BCUT2D eigenvalue weighted by molar-refractivity contribution is -0.384. The van der Waals surface area contributed by atoms with E-state index in [9.17, 15) is 14.9 Å². The number of anilines is 1. The third-order valence-electron chi connectivity index (χ3n) is 2.87. The molecule has 20 heavy (non-hydrogen) atoms. The molecule has 0 saturated carbocycles. The van der Waals surface area contributed by atoms with Crippen LogP contribution in [0.25, 0.3) is 0 Å². The van der Waals surface area contributed by atoms with Gasteiger partial charge in [0.05, 0.1) is 17.6 Å². The summed E-state index contributed by atoms with van der Waals surface area (Å²) in [5.74, 6) is -0.189. The zero-order chi connectivity index (χ0) is 15.3. The summed E-state index contributed by atoms with van der Waals surface area (Å²) in [5, 5.41) is 11.1. The Morgan fingerprint density at radius 1 is 1.45 bits per heavy atom. The second-order valence-corrected chi connectivity index (χ2v) is 4.86. The number of carbonyl (C=O) groups is 1. The molecule has 0 N–H and O–H groups in total. The van der Waals surface area contributed by atoms with Gasteiger partial charge in [0.15, 0.2) is 5.78 Å². The van der Waals surface area contributed by atoms with Crippen LogP contribution in [0.1, 0.15) is 31.1 Å². The summed E-state index contributed by atoms with van der Waals surface area (Å²) >= 11 is 0. The van der Waals surface area contributed by atoms with Gasteiger partial charge in [-0.15, -0.1) is 0 Å². The first-order chi connectivity index (χ1) is 9.32. The Balaban J connectivity index is 2.93. The maximum absolute atomic E-state index is 11.3. The molecule has 0 aliphatic carbocycles. The fraction of sp³-hybridized carbons (Fsp3) is 0.500. The summed E-state index contributed by atoms with van der Waals surface area (Å²) in [5.41, 5.74) is 0.754. The SMILES string of the molecule is CC(=O)c1ccc(N(C)CCOC(C)C)c([N+](=O)[O-])c1. The predicted octanol–water partition coefficient (Wildman–Crippen LogP) is 2.66. The van der Waals surface area contributed by atoms with E-state index in [1.165, 1.54) is 13.0 Å². The molecule has 110 valence electrons. The van der Waals surface area contributed by atoms with E-state index in [0.717, 1.165) is 0 Å². The van der Waals surface area contributed by atoms with Gasteiger partial charge in [0.25, 0.3) is 5.69 Å². The average Bonchev–Trinajstić information content (AvgIpc) is 2.37. The van der Waals surface area contributed by atoms with Gasteiger partial charge in [-0.2, -0.15) is 0 Å². The number of ether oxygens (including phenoxy) is 1. The first-order valence-electron chi connectivity index (χ1n) is 6.45. The minimum Gasteiger partial charge on any atom is -0.377 e.